The Morgan fingerprint density at radius 3 is 2.71 bits per heavy atom. The van der Waals surface area contributed by atoms with E-state index in [-0.39, 0.29) is 12.0 Å². The lowest BCUT2D eigenvalue weighted by Gasteiger charge is -2.31. The van der Waals surface area contributed by atoms with Gasteiger partial charge in [-0.1, -0.05) is 12.1 Å². The van der Waals surface area contributed by atoms with Crippen LogP contribution in [0.5, 0.6) is 5.75 Å². The van der Waals surface area contributed by atoms with Crippen molar-refractivity contribution >= 4 is 11.6 Å². The SMILES string of the molecule is CC=CN1CCC(Oc2cncc(-c3ccc4c(c3)CCC(=O)N4C)c2)CC1. The fourth-order valence-corrected chi connectivity index (χ4v) is 4.02. The van der Waals surface area contributed by atoms with Crippen LogP contribution in [-0.2, 0) is 11.2 Å². The molecular weight excluding hydrogens is 350 g/mol. The molecule has 1 aromatic carbocycles. The van der Waals surface area contributed by atoms with Crippen molar-refractivity contribution in [2.45, 2.75) is 38.7 Å². The monoisotopic (exact) mass is 377 g/mol. The number of carbonyl (C=O) groups is 1. The third-order valence-electron chi connectivity index (χ3n) is 5.61. The first-order chi connectivity index (χ1) is 13.6. The van der Waals surface area contributed by atoms with Gasteiger partial charge in [0.25, 0.3) is 0 Å². The number of benzene rings is 1. The molecule has 5 nitrogen and oxygen atoms in total. The Balaban J connectivity index is 1.48. The molecule has 1 aromatic heterocycles. The summed E-state index contributed by atoms with van der Waals surface area (Å²) in [6, 6.07) is 8.34. The molecule has 0 saturated carbocycles. The van der Waals surface area contributed by atoms with E-state index in [9.17, 15) is 4.79 Å². The summed E-state index contributed by atoms with van der Waals surface area (Å²) in [5.74, 6) is 1.00. The maximum absolute atomic E-state index is 11.9. The quantitative estimate of drug-likeness (QED) is 0.807. The Morgan fingerprint density at radius 1 is 1.11 bits per heavy atom. The zero-order valence-electron chi connectivity index (χ0n) is 16.6. The van der Waals surface area contributed by atoms with Crippen LogP contribution in [0.4, 0.5) is 5.69 Å². The molecule has 0 spiro atoms. The lowest BCUT2D eigenvalue weighted by Crippen LogP contribution is -2.35. The van der Waals surface area contributed by atoms with Crippen LogP contribution in [0.2, 0.25) is 0 Å². The molecule has 0 radical (unpaired) electrons. The number of hydrogen-bond donors (Lipinski definition) is 0. The highest BCUT2D eigenvalue weighted by molar-refractivity contribution is 5.96. The van der Waals surface area contributed by atoms with Crippen LogP contribution in [0.25, 0.3) is 11.1 Å². The molecule has 1 amide bonds. The van der Waals surface area contributed by atoms with Gasteiger partial charge in [0.1, 0.15) is 11.9 Å². The van der Waals surface area contributed by atoms with Crippen molar-refractivity contribution in [3.05, 3.63) is 54.5 Å². The molecule has 4 rings (SSSR count). The molecule has 0 bridgehead atoms. The molecule has 28 heavy (non-hydrogen) atoms. The number of nitrogens with zero attached hydrogens (tertiary/aromatic N) is 3. The van der Waals surface area contributed by atoms with Gasteiger partial charge in [-0.05, 0) is 48.9 Å². The number of fused-ring (bicyclic) bond motifs is 1. The van der Waals surface area contributed by atoms with E-state index in [1.807, 2.05) is 19.3 Å². The summed E-state index contributed by atoms with van der Waals surface area (Å²) >= 11 is 0. The second-order valence-corrected chi connectivity index (χ2v) is 7.54. The number of allylic oxidation sites excluding steroid dienone is 1. The van der Waals surface area contributed by atoms with Gasteiger partial charge in [0, 0.05) is 56.8 Å². The number of aryl methyl sites for hydroxylation is 1. The van der Waals surface area contributed by atoms with Crippen LogP contribution in [0, 0.1) is 0 Å². The molecule has 146 valence electrons. The maximum atomic E-state index is 11.9. The van der Waals surface area contributed by atoms with Gasteiger partial charge in [0.05, 0.1) is 6.20 Å². The highest BCUT2D eigenvalue weighted by Gasteiger charge is 2.21. The summed E-state index contributed by atoms with van der Waals surface area (Å²) in [5, 5.41) is 0. The fraction of sp³-hybridized carbons (Fsp3) is 0.391. The first-order valence-electron chi connectivity index (χ1n) is 10.0. The lowest BCUT2D eigenvalue weighted by atomic mass is 9.97. The number of rotatable bonds is 4. The number of ether oxygens (including phenoxy) is 1. The first kappa shape index (κ1) is 18.5. The highest BCUT2D eigenvalue weighted by atomic mass is 16.5. The van der Waals surface area contributed by atoms with Crippen LogP contribution >= 0.6 is 0 Å². The zero-order chi connectivity index (χ0) is 19.5. The van der Waals surface area contributed by atoms with Crippen molar-refractivity contribution < 1.29 is 9.53 Å². The summed E-state index contributed by atoms with van der Waals surface area (Å²) in [6.45, 7) is 4.11. The molecule has 0 unspecified atom stereocenters. The number of piperidine rings is 1. The number of pyridine rings is 1. The smallest absolute Gasteiger partial charge is 0.227 e. The minimum Gasteiger partial charge on any atom is -0.489 e. The summed E-state index contributed by atoms with van der Waals surface area (Å²) in [4.78, 5) is 20.4. The van der Waals surface area contributed by atoms with Crippen molar-refractivity contribution in [1.82, 2.24) is 9.88 Å². The maximum Gasteiger partial charge on any atom is 0.227 e. The molecule has 3 heterocycles. The summed E-state index contributed by atoms with van der Waals surface area (Å²) < 4.78 is 6.22. The van der Waals surface area contributed by atoms with Crippen molar-refractivity contribution in [1.29, 1.82) is 0 Å². The van der Waals surface area contributed by atoms with Gasteiger partial charge in [0.15, 0.2) is 0 Å². The van der Waals surface area contributed by atoms with Crippen LogP contribution in [0.1, 0.15) is 31.7 Å². The van der Waals surface area contributed by atoms with Crippen LogP contribution in [0.15, 0.2) is 48.9 Å². The van der Waals surface area contributed by atoms with Gasteiger partial charge in [0.2, 0.25) is 5.91 Å². The van der Waals surface area contributed by atoms with Crippen molar-refractivity contribution in [2.75, 3.05) is 25.0 Å². The van der Waals surface area contributed by atoms with Gasteiger partial charge >= 0.3 is 0 Å². The minimum atomic E-state index is 0.179. The van der Waals surface area contributed by atoms with Crippen LogP contribution in [0.3, 0.4) is 0 Å². The molecule has 0 N–H and O–H groups in total. The molecule has 2 aliphatic rings. The van der Waals surface area contributed by atoms with E-state index in [0.29, 0.717) is 6.42 Å². The van der Waals surface area contributed by atoms with Crippen LogP contribution in [-0.4, -0.2) is 42.0 Å². The topological polar surface area (TPSA) is 45.7 Å². The van der Waals surface area contributed by atoms with Gasteiger partial charge in [-0.25, -0.2) is 0 Å². The van der Waals surface area contributed by atoms with E-state index in [2.05, 4.69) is 47.3 Å². The van der Waals surface area contributed by atoms with Gasteiger partial charge in [-0.2, -0.15) is 0 Å². The summed E-state index contributed by atoms with van der Waals surface area (Å²) in [6.07, 6.45) is 11.6. The largest absolute Gasteiger partial charge is 0.489 e. The average Bonchev–Trinajstić information content (AvgIpc) is 2.72. The molecule has 1 fully saturated rings. The molecule has 2 aromatic rings. The minimum absolute atomic E-state index is 0.179. The normalized spacial score (nSPS) is 17.9. The molecule has 2 aliphatic heterocycles. The predicted octanol–water partition coefficient (Wildman–Crippen LogP) is 4.03. The van der Waals surface area contributed by atoms with Gasteiger partial charge < -0.3 is 14.5 Å². The van der Waals surface area contributed by atoms with E-state index in [4.69, 9.17) is 4.74 Å². The van der Waals surface area contributed by atoms with Crippen molar-refractivity contribution in [3.63, 3.8) is 0 Å². The standard InChI is InChI=1S/C23H27N3O2/c1-3-10-26-11-8-20(9-12-26)28-21-14-19(15-24-16-21)17-4-6-22-18(13-17)5-7-23(27)25(22)2/h3-4,6,10,13-16,20H,5,7-9,11-12H2,1-2H3. The second-order valence-electron chi connectivity index (χ2n) is 7.54. The summed E-state index contributed by atoms with van der Waals surface area (Å²) in [5.41, 5.74) is 4.38. The van der Waals surface area contributed by atoms with Crippen LogP contribution < -0.4 is 9.64 Å². The Hall–Kier alpha value is -2.82. The molecule has 5 heteroatoms. The molecular formula is C23H27N3O2. The third-order valence-corrected chi connectivity index (χ3v) is 5.61. The molecule has 1 saturated heterocycles. The number of aromatic nitrogens is 1. The molecule has 0 atom stereocenters. The number of hydrogen-bond acceptors (Lipinski definition) is 4. The Bertz CT molecular complexity index is 885. The van der Waals surface area contributed by atoms with E-state index in [0.717, 1.165) is 54.9 Å². The van der Waals surface area contributed by atoms with E-state index < -0.39 is 0 Å². The van der Waals surface area contributed by atoms with Crippen molar-refractivity contribution in [2.24, 2.45) is 0 Å². The van der Waals surface area contributed by atoms with Gasteiger partial charge in [-0.15, -0.1) is 0 Å². The number of amides is 1. The lowest BCUT2D eigenvalue weighted by molar-refractivity contribution is -0.118. The second kappa shape index (κ2) is 8.05. The Kier molecular flexibility index (Phi) is 5.33. The van der Waals surface area contributed by atoms with E-state index >= 15 is 0 Å². The zero-order valence-corrected chi connectivity index (χ0v) is 16.6. The third kappa shape index (κ3) is 3.88. The highest BCUT2D eigenvalue weighted by Crippen LogP contribution is 2.32. The Labute approximate surface area is 166 Å². The number of anilines is 1. The van der Waals surface area contributed by atoms with Gasteiger partial charge in [-0.3, -0.25) is 9.78 Å². The van der Waals surface area contributed by atoms with E-state index in [1.165, 1.54) is 5.56 Å². The van der Waals surface area contributed by atoms with E-state index in [1.54, 1.807) is 11.1 Å². The first-order valence-corrected chi connectivity index (χ1v) is 10.0. The summed E-state index contributed by atoms with van der Waals surface area (Å²) in [7, 11) is 1.84. The Morgan fingerprint density at radius 2 is 1.93 bits per heavy atom. The average molecular weight is 377 g/mol. The van der Waals surface area contributed by atoms with Crippen molar-refractivity contribution in [3.8, 4) is 16.9 Å². The number of likely N-dealkylation sites (tertiary alicyclic amines) is 1. The number of carbonyl (C=O) groups excluding carboxylic acids is 1. The fourth-order valence-electron chi connectivity index (χ4n) is 4.02. The predicted molar refractivity (Wildman–Crippen MR) is 111 cm³/mol. The molecule has 0 aliphatic carbocycles.